The Morgan fingerprint density at radius 1 is 1.05 bits per heavy atom. The van der Waals surface area contributed by atoms with Crippen LogP contribution in [0, 0.1) is 11.8 Å². The fourth-order valence-electron chi connectivity index (χ4n) is 2.56. The van der Waals surface area contributed by atoms with E-state index in [0.29, 0.717) is 31.5 Å². The number of hydrogen-bond donors (Lipinski definition) is 0. The van der Waals surface area contributed by atoms with Crippen LogP contribution in [0.4, 0.5) is 4.79 Å². The fourth-order valence-corrected chi connectivity index (χ4v) is 4.19. The highest BCUT2D eigenvalue weighted by Gasteiger charge is 2.47. The maximum Gasteiger partial charge on any atom is 0.322 e. The summed E-state index contributed by atoms with van der Waals surface area (Å²) in [6.45, 7) is 10.4. The number of halogens is 2. The molecule has 0 spiro atoms. The summed E-state index contributed by atoms with van der Waals surface area (Å²) in [5.41, 5.74) is 0. The van der Waals surface area contributed by atoms with Crippen LogP contribution in [-0.4, -0.2) is 63.4 Å². The van der Waals surface area contributed by atoms with Gasteiger partial charge < -0.3 is 14.4 Å². The van der Waals surface area contributed by atoms with Crippen LogP contribution in [0.15, 0.2) is 0 Å². The van der Waals surface area contributed by atoms with Crippen LogP contribution < -0.4 is 0 Å². The van der Waals surface area contributed by atoms with Crippen molar-refractivity contribution in [3.05, 3.63) is 0 Å². The lowest BCUT2D eigenvalue weighted by Gasteiger charge is -2.31. The van der Waals surface area contributed by atoms with Gasteiger partial charge in [-0.3, -0.25) is 4.90 Å². The molecule has 130 valence electrons. The van der Waals surface area contributed by atoms with Crippen molar-refractivity contribution in [1.29, 1.82) is 0 Å². The maximum atomic E-state index is 12.8. The number of rotatable bonds is 8. The number of carbonyl (C=O) groups is 1. The highest BCUT2D eigenvalue weighted by atomic mass is 127. The minimum Gasteiger partial charge on any atom is -0.379 e. The number of urea groups is 1. The molecule has 0 aliphatic carbocycles. The Morgan fingerprint density at radius 2 is 1.50 bits per heavy atom. The molecule has 22 heavy (non-hydrogen) atoms. The monoisotopic (exact) mass is 538 g/mol. The first-order valence-corrected chi connectivity index (χ1v) is 9.79. The predicted molar refractivity (Wildman–Crippen MR) is 106 cm³/mol. The van der Waals surface area contributed by atoms with Gasteiger partial charge in [-0.2, -0.15) is 0 Å². The highest BCUT2D eigenvalue weighted by molar-refractivity contribution is 14.2. The number of amides is 2. The molecule has 5 nitrogen and oxygen atoms in total. The van der Waals surface area contributed by atoms with Crippen molar-refractivity contribution in [2.75, 3.05) is 33.9 Å². The zero-order valence-electron chi connectivity index (χ0n) is 14.3. The Hall–Kier alpha value is 0.650. The molecule has 2 unspecified atom stereocenters. The third-order valence-corrected chi connectivity index (χ3v) is 5.98. The summed E-state index contributed by atoms with van der Waals surface area (Å²) < 4.78 is 10.8. The van der Waals surface area contributed by atoms with Gasteiger partial charge in [0.1, 0.15) is 0 Å². The molecule has 1 fully saturated rings. The van der Waals surface area contributed by atoms with Crippen LogP contribution in [0.25, 0.3) is 0 Å². The lowest BCUT2D eigenvalue weighted by atomic mass is 10.1. The molecule has 1 rings (SSSR count). The molecule has 1 saturated heterocycles. The summed E-state index contributed by atoms with van der Waals surface area (Å²) >= 11 is 4.72. The number of nitrogens with zero attached hydrogens (tertiary/aromatic N) is 2. The topological polar surface area (TPSA) is 42.0 Å². The molecule has 0 aromatic rings. The summed E-state index contributed by atoms with van der Waals surface area (Å²) in [6, 6.07) is 0.0780. The van der Waals surface area contributed by atoms with Crippen LogP contribution in [-0.2, 0) is 9.47 Å². The Balaban J connectivity index is 2.82. The van der Waals surface area contributed by atoms with E-state index in [0.717, 1.165) is 0 Å². The number of methoxy groups -OCH3 is 2. The van der Waals surface area contributed by atoms with E-state index < -0.39 is 0 Å². The van der Waals surface area contributed by atoms with Gasteiger partial charge in [-0.15, -0.1) is 0 Å². The molecular weight excluding hydrogens is 510 g/mol. The molecule has 0 aromatic carbocycles. The average Bonchev–Trinajstić information content (AvgIpc) is 2.62. The van der Waals surface area contributed by atoms with Gasteiger partial charge >= 0.3 is 6.03 Å². The smallest absolute Gasteiger partial charge is 0.322 e. The average molecular weight is 538 g/mol. The van der Waals surface area contributed by atoms with Crippen LogP contribution in [0.5, 0.6) is 0 Å². The molecule has 1 aliphatic heterocycles. The van der Waals surface area contributed by atoms with E-state index in [1.165, 1.54) is 0 Å². The number of carbonyl (C=O) groups excluding carboxylic acids is 1. The SMILES string of the molecule is COC(CN1CC(I)(I)N(CC(OC)C(C)C)C1=O)C(C)C. The van der Waals surface area contributed by atoms with Gasteiger partial charge in [0, 0.05) is 20.8 Å². The second kappa shape index (κ2) is 8.66. The van der Waals surface area contributed by atoms with E-state index in [-0.39, 0.29) is 19.8 Å². The Morgan fingerprint density at radius 3 is 1.91 bits per heavy atom. The molecular formula is C15H28I2N2O3. The molecule has 2 atom stereocenters. The van der Waals surface area contributed by atoms with Crippen molar-refractivity contribution in [3.8, 4) is 0 Å². The first-order valence-electron chi connectivity index (χ1n) is 7.64. The van der Waals surface area contributed by atoms with Crippen molar-refractivity contribution in [2.24, 2.45) is 11.8 Å². The van der Waals surface area contributed by atoms with Crippen molar-refractivity contribution in [3.63, 3.8) is 0 Å². The largest absolute Gasteiger partial charge is 0.379 e. The highest BCUT2D eigenvalue weighted by Crippen LogP contribution is 2.40. The molecule has 1 heterocycles. The molecule has 0 N–H and O–H groups in total. The van der Waals surface area contributed by atoms with E-state index >= 15 is 0 Å². The van der Waals surface area contributed by atoms with E-state index in [9.17, 15) is 4.79 Å². The first kappa shape index (κ1) is 20.7. The summed E-state index contributed by atoms with van der Waals surface area (Å²) in [6.07, 6.45) is 0.118. The Labute approximate surface area is 161 Å². The van der Waals surface area contributed by atoms with Crippen molar-refractivity contribution < 1.29 is 14.3 Å². The van der Waals surface area contributed by atoms with E-state index in [1.807, 2.05) is 9.80 Å². The molecule has 7 heteroatoms. The molecule has 0 saturated carbocycles. The van der Waals surface area contributed by atoms with Crippen molar-refractivity contribution >= 4 is 51.2 Å². The predicted octanol–water partition coefficient (Wildman–Crippen LogP) is 3.59. The lowest BCUT2D eigenvalue weighted by molar-refractivity contribution is 0.0370. The zero-order valence-corrected chi connectivity index (χ0v) is 18.6. The summed E-state index contributed by atoms with van der Waals surface area (Å²) in [5, 5.41) is 0. The van der Waals surface area contributed by atoms with Gasteiger partial charge in [0.05, 0.1) is 25.3 Å². The summed E-state index contributed by atoms with van der Waals surface area (Å²) in [4.78, 5) is 16.6. The molecule has 1 aliphatic rings. The van der Waals surface area contributed by atoms with Crippen molar-refractivity contribution in [2.45, 2.75) is 41.5 Å². The number of hydrogen-bond acceptors (Lipinski definition) is 3. The minimum absolute atomic E-state index is 0.0520. The normalized spacial score (nSPS) is 21.1. The summed E-state index contributed by atoms with van der Waals surface area (Å²) in [5.74, 6) is 0.755. The van der Waals surface area contributed by atoms with Gasteiger partial charge in [0.25, 0.3) is 0 Å². The van der Waals surface area contributed by atoms with Crippen LogP contribution in [0.2, 0.25) is 0 Å². The zero-order chi connectivity index (χ0) is 17.1. The van der Waals surface area contributed by atoms with Crippen molar-refractivity contribution in [1.82, 2.24) is 9.80 Å². The van der Waals surface area contributed by atoms with Gasteiger partial charge in [-0.05, 0) is 57.0 Å². The quantitative estimate of drug-likeness (QED) is 0.270. The van der Waals surface area contributed by atoms with Crippen LogP contribution in [0.3, 0.4) is 0 Å². The van der Waals surface area contributed by atoms with Crippen LogP contribution >= 0.6 is 45.2 Å². The van der Waals surface area contributed by atoms with E-state index in [1.54, 1.807) is 14.2 Å². The minimum atomic E-state index is -0.243. The van der Waals surface area contributed by atoms with Gasteiger partial charge in [-0.25, -0.2) is 4.79 Å². The number of alkyl halides is 2. The Bertz CT molecular complexity index is 378. The van der Waals surface area contributed by atoms with E-state index in [4.69, 9.17) is 9.47 Å². The third kappa shape index (κ3) is 5.07. The first-order chi connectivity index (χ1) is 10.1. The number of ether oxygens (including phenoxy) is 2. The standard InChI is InChI=1S/C15H28I2N2O3/c1-10(2)12(21-5)7-18-9-15(16,17)19(14(18)20)8-13(22-6)11(3)4/h10-13H,7-9H2,1-6H3. The molecule has 0 aromatic heterocycles. The summed E-state index contributed by atoms with van der Waals surface area (Å²) in [7, 11) is 3.43. The molecule has 0 bridgehead atoms. The van der Waals surface area contributed by atoms with Gasteiger partial charge in [0.2, 0.25) is 0 Å². The maximum absolute atomic E-state index is 12.8. The Kier molecular flexibility index (Phi) is 8.15. The lowest BCUT2D eigenvalue weighted by Crippen LogP contribution is -2.45. The second-order valence-corrected chi connectivity index (χ2v) is 12.1. The third-order valence-electron chi connectivity index (χ3n) is 4.13. The van der Waals surface area contributed by atoms with Crippen LogP contribution in [0.1, 0.15) is 27.7 Å². The molecule has 0 radical (unpaired) electrons. The molecule has 2 amide bonds. The van der Waals surface area contributed by atoms with E-state index in [2.05, 4.69) is 72.9 Å². The second-order valence-electron chi connectivity index (χ2n) is 6.48. The van der Waals surface area contributed by atoms with Gasteiger partial charge in [0.15, 0.2) is 1.55 Å². The fraction of sp³-hybridized carbons (Fsp3) is 0.933. The van der Waals surface area contributed by atoms with Gasteiger partial charge in [-0.1, -0.05) is 27.7 Å².